The van der Waals surface area contributed by atoms with Gasteiger partial charge in [-0.3, -0.25) is 14.7 Å². The van der Waals surface area contributed by atoms with Crippen molar-refractivity contribution in [2.24, 2.45) is 5.92 Å². The van der Waals surface area contributed by atoms with Gasteiger partial charge in [0.05, 0.1) is 18.6 Å². The Labute approximate surface area is 128 Å². The Kier molecular flexibility index (Phi) is 3.37. The third-order valence-electron chi connectivity index (χ3n) is 4.69. The lowest BCUT2D eigenvalue weighted by molar-refractivity contribution is -0.123. The standard InChI is InChI=1S/C15H20N4O3/c20-14(17-10-1-2-10)6-11-5-9-7-19(8-13(9)22-11)15(21)12-3-4-16-18-12/h3-4,9-11,13H,1-2,5-8H2,(H,16,18)(H,17,20)/t9-,11-,13+/m0/s1. The molecule has 1 aliphatic carbocycles. The van der Waals surface area contributed by atoms with Gasteiger partial charge in [-0.1, -0.05) is 0 Å². The summed E-state index contributed by atoms with van der Waals surface area (Å²) in [5.41, 5.74) is 0.514. The molecule has 0 aromatic carbocycles. The van der Waals surface area contributed by atoms with Gasteiger partial charge in [-0.15, -0.1) is 0 Å². The summed E-state index contributed by atoms with van der Waals surface area (Å²) >= 11 is 0. The van der Waals surface area contributed by atoms with Crippen molar-refractivity contribution in [3.63, 3.8) is 0 Å². The van der Waals surface area contributed by atoms with Crippen LogP contribution in [-0.2, 0) is 9.53 Å². The van der Waals surface area contributed by atoms with Gasteiger partial charge in [0.25, 0.3) is 5.91 Å². The summed E-state index contributed by atoms with van der Waals surface area (Å²) < 4.78 is 5.98. The van der Waals surface area contributed by atoms with Crippen LogP contribution in [0, 0.1) is 5.92 Å². The molecule has 0 radical (unpaired) electrons. The quantitative estimate of drug-likeness (QED) is 0.838. The average molecular weight is 304 g/mol. The van der Waals surface area contributed by atoms with Gasteiger partial charge in [0.15, 0.2) is 0 Å². The van der Waals surface area contributed by atoms with Gasteiger partial charge in [-0.2, -0.15) is 5.10 Å². The zero-order valence-electron chi connectivity index (χ0n) is 12.3. The van der Waals surface area contributed by atoms with E-state index in [1.54, 1.807) is 12.3 Å². The number of aromatic nitrogens is 2. The zero-order chi connectivity index (χ0) is 15.1. The molecule has 4 rings (SSSR count). The van der Waals surface area contributed by atoms with Crippen LogP contribution in [0.1, 0.15) is 36.2 Å². The van der Waals surface area contributed by atoms with Crippen molar-refractivity contribution < 1.29 is 14.3 Å². The molecule has 7 nitrogen and oxygen atoms in total. The molecular weight excluding hydrogens is 284 g/mol. The molecule has 22 heavy (non-hydrogen) atoms. The number of hydrogen-bond acceptors (Lipinski definition) is 4. The average Bonchev–Trinajstić information content (AvgIpc) is 2.92. The molecule has 2 aliphatic heterocycles. The molecule has 0 bridgehead atoms. The molecule has 2 N–H and O–H groups in total. The third kappa shape index (κ3) is 2.72. The van der Waals surface area contributed by atoms with Crippen LogP contribution < -0.4 is 5.32 Å². The van der Waals surface area contributed by atoms with Crippen molar-refractivity contribution in [1.29, 1.82) is 0 Å². The van der Waals surface area contributed by atoms with E-state index in [0.717, 1.165) is 19.3 Å². The van der Waals surface area contributed by atoms with E-state index in [4.69, 9.17) is 4.74 Å². The van der Waals surface area contributed by atoms with Crippen LogP contribution in [0.2, 0.25) is 0 Å². The maximum Gasteiger partial charge on any atom is 0.271 e. The zero-order valence-corrected chi connectivity index (χ0v) is 12.3. The number of carbonyl (C=O) groups excluding carboxylic acids is 2. The van der Waals surface area contributed by atoms with Crippen molar-refractivity contribution >= 4 is 11.8 Å². The second-order valence-corrected chi connectivity index (χ2v) is 6.52. The van der Waals surface area contributed by atoms with E-state index in [2.05, 4.69) is 15.5 Å². The van der Waals surface area contributed by atoms with Crippen molar-refractivity contribution in [1.82, 2.24) is 20.4 Å². The molecule has 3 atom stereocenters. The van der Waals surface area contributed by atoms with Crippen LogP contribution in [0.4, 0.5) is 0 Å². The fraction of sp³-hybridized carbons (Fsp3) is 0.667. The first kappa shape index (κ1) is 13.8. The molecule has 3 heterocycles. The smallest absolute Gasteiger partial charge is 0.271 e. The highest BCUT2D eigenvalue weighted by Crippen LogP contribution is 2.34. The Morgan fingerprint density at radius 2 is 2.27 bits per heavy atom. The largest absolute Gasteiger partial charge is 0.372 e. The molecule has 2 amide bonds. The van der Waals surface area contributed by atoms with Crippen molar-refractivity contribution in [2.45, 2.75) is 43.9 Å². The van der Waals surface area contributed by atoms with E-state index in [1.807, 2.05) is 4.90 Å². The first-order valence-electron chi connectivity index (χ1n) is 7.92. The summed E-state index contributed by atoms with van der Waals surface area (Å²) in [6.45, 7) is 1.30. The molecule has 3 aliphatic rings. The molecule has 0 spiro atoms. The summed E-state index contributed by atoms with van der Waals surface area (Å²) in [5.74, 6) is 0.405. The number of carbonyl (C=O) groups is 2. The number of likely N-dealkylation sites (tertiary alicyclic amines) is 1. The molecule has 118 valence electrons. The van der Waals surface area contributed by atoms with Crippen molar-refractivity contribution in [3.05, 3.63) is 18.0 Å². The minimum atomic E-state index is -0.0291. The lowest BCUT2D eigenvalue weighted by Gasteiger charge is -2.18. The monoisotopic (exact) mass is 304 g/mol. The maximum absolute atomic E-state index is 12.3. The summed E-state index contributed by atoms with van der Waals surface area (Å²) in [7, 11) is 0. The number of H-pyrrole nitrogens is 1. The Balaban J connectivity index is 1.29. The molecule has 3 fully saturated rings. The van der Waals surface area contributed by atoms with E-state index < -0.39 is 0 Å². The van der Waals surface area contributed by atoms with Gasteiger partial charge in [0.2, 0.25) is 5.91 Å². The van der Waals surface area contributed by atoms with Gasteiger partial charge in [0.1, 0.15) is 5.69 Å². The summed E-state index contributed by atoms with van der Waals surface area (Å²) in [6, 6.07) is 2.08. The maximum atomic E-state index is 12.3. The van der Waals surface area contributed by atoms with Crippen LogP contribution in [0.25, 0.3) is 0 Å². The second kappa shape index (κ2) is 5.39. The van der Waals surface area contributed by atoms with Crippen molar-refractivity contribution in [2.75, 3.05) is 13.1 Å². The normalized spacial score (nSPS) is 30.4. The Hall–Kier alpha value is -1.89. The van der Waals surface area contributed by atoms with Gasteiger partial charge < -0.3 is 15.0 Å². The molecule has 7 heteroatoms. The van der Waals surface area contributed by atoms with Crippen LogP contribution in [0.3, 0.4) is 0 Å². The Morgan fingerprint density at radius 3 is 2.95 bits per heavy atom. The van der Waals surface area contributed by atoms with E-state index in [-0.39, 0.29) is 24.0 Å². The number of fused-ring (bicyclic) bond motifs is 1. The number of nitrogens with zero attached hydrogens (tertiary/aromatic N) is 2. The summed E-state index contributed by atoms with van der Waals surface area (Å²) in [5, 5.41) is 9.51. The number of ether oxygens (including phenoxy) is 1. The predicted molar refractivity (Wildman–Crippen MR) is 77.0 cm³/mol. The highest BCUT2D eigenvalue weighted by molar-refractivity contribution is 5.92. The van der Waals surface area contributed by atoms with Crippen LogP contribution in [0.5, 0.6) is 0 Å². The Morgan fingerprint density at radius 1 is 1.41 bits per heavy atom. The molecular formula is C15H20N4O3. The lowest BCUT2D eigenvalue weighted by atomic mass is 10.0. The highest BCUT2D eigenvalue weighted by Gasteiger charge is 2.44. The molecule has 1 aromatic heterocycles. The minimum Gasteiger partial charge on any atom is -0.372 e. The van der Waals surface area contributed by atoms with Crippen LogP contribution in [0.15, 0.2) is 12.3 Å². The fourth-order valence-electron chi connectivity index (χ4n) is 3.43. The lowest BCUT2D eigenvalue weighted by Crippen LogP contribution is -2.33. The van der Waals surface area contributed by atoms with E-state index in [1.165, 1.54) is 0 Å². The second-order valence-electron chi connectivity index (χ2n) is 6.52. The number of aromatic amines is 1. The van der Waals surface area contributed by atoms with Gasteiger partial charge in [0, 0.05) is 31.2 Å². The van der Waals surface area contributed by atoms with Crippen LogP contribution >= 0.6 is 0 Å². The highest BCUT2D eigenvalue weighted by atomic mass is 16.5. The summed E-state index contributed by atoms with van der Waals surface area (Å²) in [6.07, 6.45) is 5.15. The van der Waals surface area contributed by atoms with E-state index in [0.29, 0.717) is 37.2 Å². The predicted octanol–water partition coefficient (Wildman–Crippen LogP) is 0.308. The summed E-state index contributed by atoms with van der Waals surface area (Å²) in [4.78, 5) is 25.9. The van der Waals surface area contributed by atoms with E-state index in [9.17, 15) is 9.59 Å². The molecule has 1 aromatic rings. The molecule has 0 unspecified atom stereocenters. The Bertz CT molecular complexity index is 555. The third-order valence-corrected chi connectivity index (χ3v) is 4.69. The van der Waals surface area contributed by atoms with Gasteiger partial charge >= 0.3 is 0 Å². The first-order chi connectivity index (χ1) is 10.7. The molecule has 1 saturated carbocycles. The SMILES string of the molecule is O=C(C[C@@H]1C[C@H]2CN(C(=O)c3ccn[nH]3)C[C@H]2O1)NC1CC1. The van der Waals surface area contributed by atoms with Gasteiger partial charge in [-0.25, -0.2) is 0 Å². The van der Waals surface area contributed by atoms with Gasteiger partial charge in [-0.05, 0) is 25.3 Å². The van der Waals surface area contributed by atoms with Crippen molar-refractivity contribution in [3.8, 4) is 0 Å². The minimum absolute atomic E-state index is 0.00171. The number of amides is 2. The molecule has 2 saturated heterocycles. The first-order valence-corrected chi connectivity index (χ1v) is 7.92. The number of rotatable bonds is 4. The fourth-order valence-corrected chi connectivity index (χ4v) is 3.43. The number of nitrogens with one attached hydrogen (secondary N) is 2. The topological polar surface area (TPSA) is 87.3 Å². The number of hydrogen-bond donors (Lipinski definition) is 2. The van der Waals surface area contributed by atoms with Crippen LogP contribution in [-0.4, -0.2) is 58.3 Å². The van der Waals surface area contributed by atoms with E-state index >= 15 is 0 Å².